The molecule has 10 nitrogen and oxygen atoms in total. The number of alkyl halides is 3. The number of hydrogen-bond acceptors (Lipinski definition) is 8. The summed E-state index contributed by atoms with van der Waals surface area (Å²) < 4.78 is 42.7. The van der Waals surface area contributed by atoms with E-state index in [1.165, 1.54) is 11.2 Å². The maximum atomic E-state index is 12.5. The van der Waals surface area contributed by atoms with Crippen LogP contribution >= 0.6 is 0 Å². The van der Waals surface area contributed by atoms with Crippen molar-refractivity contribution in [1.29, 1.82) is 0 Å². The van der Waals surface area contributed by atoms with Gasteiger partial charge in [-0.15, -0.1) is 0 Å². The number of fused-ring (bicyclic) bond motifs is 1. The van der Waals surface area contributed by atoms with Gasteiger partial charge in [-0.3, -0.25) is 9.69 Å². The summed E-state index contributed by atoms with van der Waals surface area (Å²) in [7, 11) is 1.62. The number of methoxy groups -OCH3 is 1. The summed E-state index contributed by atoms with van der Waals surface area (Å²) in [6.45, 7) is 2.54. The molecule has 0 unspecified atom stereocenters. The fraction of sp³-hybridized carbons (Fsp3) is 0.346. The van der Waals surface area contributed by atoms with E-state index in [0.29, 0.717) is 38.0 Å². The highest BCUT2D eigenvalue weighted by Gasteiger charge is 2.34. The van der Waals surface area contributed by atoms with E-state index in [4.69, 9.17) is 4.74 Å². The van der Waals surface area contributed by atoms with Gasteiger partial charge in [-0.2, -0.15) is 13.2 Å². The van der Waals surface area contributed by atoms with Crippen molar-refractivity contribution in [3.05, 3.63) is 60.2 Å². The second-order valence-electron chi connectivity index (χ2n) is 9.27. The van der Waals surface area contributed by atoms with Crippen LogP contribution < -0.4 is 5.32 Å². The molecular weight excluding hydrogens is 513 g/mol. The van der Waals surface area contributed by atoms with Gasteiger partial charge in [0.05, 0.1) is 29.0 Å². The third-order valence-corrected chi connectivity index (χ3v) is 6.35. The monoisotopic (exact) mass is 540 g/mol. The van der Waals surface area contributed by atoms with Crippen LogP contribution in [0.1, 0.15) is 17.7 Å². The van der Waals surface area contributed by atoms with Gasteiger partial charge >= 0.3 is 6.18 Å². The fourth-order valence-electron chi connectivity index (χ4n) is 4.47. The zero-order valence-corrected chi connectivity index (χ0v) is 21.2. The molecule has 204 valence electrons. The number of halogens is 3. The molecule has 0 aliphatic carbocycles. The van der Waals surface area contributed by atoms with Crippen molar-refractivity contribution in [2.45, 2.75) is 25.7 Å². The number of nitrogens with zero attached hydrogens (tertiary/aromatic N) is 6. The van der Waals surface area contributed by atoms with Gasteiger partial charge in [-0.05, 0) is 35.9 Å². The van der Waals surface area contributed by atoms with Crippen molar-refractivity contribution in [3.8, 4) is 11.3 Å². The lowest BCUT2D eigenvalue weighted by Crippen LogP contribution is -2.49. The molecule has 4 heterocycles. The van der Waals surface area contributed by atoms with Crippen molar-refractivity contribution < 1.29 is 22.7 Å². The van der Waals surface area contributed by atoms with Crippen LogP contribution in [0.25, 0.3) is 22.3 Å². The fourth-order valence-corrected chi connectivity index (χ4v) is 4.47. The number of hydrogen-bond donors (Lipinski definition) is 2. The molecular formula is C26H27F3N8O2. The van der Waals surface area contributed by atoms with Crippen molar-refractivity contribution in [3.63, 3.8) is 0 Å². The quantitative estimate of drug-likeness (QED) is 0.346. The number of pyridine rings is 1. The number of anilines is 2. The first-order valence-electron chi connectivity index (χ1n) is 12.3. The molecule has 1 fully saturated rings. The van der Waals surface area contributed by atoms with Gasteiger partial charge in [0.25, 0.3) is 0 Å². The van der Waals surface area contributed by atoms with Crippen LogP contribution in [0, 0.1) is 0 Å². The highest BCUT2D eigenvalue weighted by Crippen LogP contribution is 2.25. The molecule has 0 saturated carbocycles. The van der Waals surface area contributed by atoms with Crippen LogP contribution in [0.3, 0.4) is 0 Å². The molecule has 39 heavy (non-hydrogen) atoms. The van der Waals surface area contributed by atoms with Crippen LogP contribution in [0.15, 0.2) is 48.9 Å². The minimum Gasteiger partial charge on any atom is -0.378 e. The smallest absolute Gasteiger partial charge is 0.378 e. The third kappa shape index (κ3) is 6.86. The molecule has 2 N–H and O–H groups in total. The molecule has 0 bridgehead atoms. The lowest BCUT2D eigenvalue weighted by Gasteiger charge is -2.35. The van der Waals surface area contributed by atoms with Crippen LogP contribution in [-0.4, -0.2) is 80.1 Å². The number of piperazine rings is 1. The summed E-state index contributed by atoms with van der Waals surface area (Å²) in [5.74, 6) is 0.264. The van der Waals surface area contributed by atoms with E-state index in [1.54, 1.807) is 13.3 Å². The maximum absolute atomic E-state index is 12.5. The topological polar surface area (TPSA) is 112 Å². The second-order valence-corrected chi connectivity index (χ2v) is 9.27. The van der Waals surface area contributed by atoms with Gasteiger partial charge in [-0.25, -0.2) is 19.9 Å². The number of aromatic amines is 1. The standard InChI is InChI=1S/C26H27F3N8O2/c1-39-15-19-12-21(32-16-31-19)18-2-3-20-22(11-18)34-25(33-20)35-23-10-17(4-5-30-23)14-36-6-8-37(9-7-36)24(38)13-26(27,28)29/h2-5,10-12,16H,6-9,13-15H2,1H3,(H2,30,33,34,35). The second kappa shape index (κ2) is 11.3. The number of ether oxygens (including phenoxy) is 1. The lowest BCUT2D eigenvalue weighted by atomic mass is 10.1. The minimum absolute atomic E-state index is 0.273. The Kier molecular flexibility index (Phi) is 7.70. The number of rotatable bonds is 8. The number of nitrogens with one attached hydrogen (secondary N) is 2. The zero-order chi connectivity index (χ0) is 27.4. The number of carbonyl (C=O) groups excluding carboxylic acids is 1. The van der Waals surface area contributed by atoms with Gasteiger partial charge in [-0.1, -0.05) is 6.07 Å². The average molecular weight is 541 g/mol. The SMILES string of the molecule is COCc1cc(-c2ccc3nc(Nc4cc(CN5CCN(C(=O)CC(F)(F)F)CC5)ccn4)[nH]c3c2)ncn1. The summed E-state index contributed by atoms with van der Waals surface area (Å²) >= 11 is 0. The van der Waals surface area contributed by atoms with Crippen molar-refractivity contribution >= 4 is 28.7 Å². The summed E-state index contributed by atoms with van der Waals surface area (Å²) in [5.41, 5.74) is 5.08. The summed E-state index contributed by atoms with van der Waals surface area (Å²) in [4.78, 5) is 36.0. The molecule has 0 spiro atoms. The predicted molar refractivity (Wildman–Crippen MR) is 138 cm³/mol. The first-order valence-corrected chi connectivity index (χ1v) is 12.3. The van der Waals surface area contributed by atoms with E-state index in [2.05, 4.69) is 35.1 Å². The number of H-pyrrole nitrogens is 1. The Labute approximate surface area is 222 Å². The number of imidazole rings is 1. The molecule has 1 amide bonds. The molecule has 5 rings (SSSR count). The van der Waals surface area contributed by atoms with Crippen LogP contribution in [0.4, 0.5) is 24.9 Å². The first-order chi connectivity index (χ1) is 18.8. The Morgan fingerprint density at radius 1 is 1.08 bits per heavy atom. The van der Waals surface area contributed by atoms with E-state index in [-0.39, 0.29) is 13.1 Å². The Balaban J connectivity index is 1.21. The Morgan fingerprint density at radius 2 is 1.90 bits per heavy atom. The first kappa shape index (κ1) is 26.5. The van der Waals surface area contributed by atoms with Crippen LogP contribution in [-0.2, 0) is 22.7 Å². The van der Waals surface area contributed by atoms with Gasteiger partial charge in [0.1, 0.15) is 18.6 Å². The molecule has 1 aliphatic heterocycles. The molecule has 1 saturated heterocycles. The van der Waals surface area contributed by atoms with Gasteiger partial charge in [0, 0.05) is 51.6 Å². The predicted octanol–water partition coefficient (Wildman–Crippen LogP) is 3.90. The molecule has 0 radical (unpaired) electrons. The normalized spacial score (nSPS) is 14.6. The molecule has 13 heteroatoms. The van der Waals surface area contributed by atoms with Gasteiger partial charge in [0.2, 0.25) is 11.9 Å². The van der Waals surface area contributed by atoms with E-state index < -0.39 is 18.5 Å². The Hall–Kier alpha value is -4.10. The highest BCUT2D eigenvalue weighted by molar-refractivity contribution is 5.83. The Morgan fingerprint density at radius 3 is 2.67 bits per heavy atom. The molecule has 3 aromatic heterocycles. The van der Waals surface area contributed by atoms with E-state index in [9.17, 15) is 18.0 Å². The number of carbonyl (C=O) groups is 1. The molecule has 1 aliphatic rings. The van der Waals surface area contributed by atoms with Crippen molar-refractivity contribution in [2.75, 3.05) is 38.6 Å². The lowest BCUT2D eigenvalue weighted by molar-refractivity contribution is -0.162. The summed E-state index contributed by atoms with van der Waals surface area (Å²) in [6.07, 6.45) is -2.69. The van der Waals surface area contributed by atoms with E-state index in [0.717, 1.165) is 33.5 Å². The largest absolute Gasteiger partial charge is 0.397 e. The molecule has 0 atom stereocenters. The minimum atomic E-state index is -4.48. The third-order valence-electron chi connectivity index (χ3n) is 6.35. The van der Waals surface area contributed by atoms with Crippen LogP contribution in [0.5, 0.6) is 0 Å². The summed E-state index contributed by atoms with van der Waals surface area (Å²) in [5, 5.41) is 3.20. The number of amides is 1. The van der Waals surface area contributed by atoms with Gasteiger partial charge < -0.3 is 19.9 Å². The van der Waals surface area contributed by atoms with Crippen molar-refractivity contribution in [1.82, 2.24) is 34.7 Å². The van der Waals surface area contributed by atoms with Gasteiger partial charge in [0.15, 0.2) is 0 Å². The highest BCUT2D eigenvalue weighted by atomic mass is 19.4. The summed E-state index contributed by atoms with van der Waals surface area (Å²) in [6, 6.07) is 11.5. The molecule has 4 aromatic rings. The number of benzene rings is 1. The van der Waals surface area contributed by atoms with Crippen LogP contribution in [0.2, 0.25) is 0 Å². The Bertz CT molecular complexity index is 1450. The van der Waals surface area contributed by atoms with E-state index in [1.807, 2.05) is 36.4 Å². The number of aromatic nitrogens is 5. The molecule has 1 aromatic carbocycles. The zero-order valence-electron chi connectivity index (χ0n) is 21.2. The van der Waals surface area contributed by atoms with Crippen molar-refractivity contribution in [2.24, 2.45) is 0 Å². The van der Waals surface area contributed by atoms with E-state index >= 15 is 0 Å². The maximum Gasteiger partial charge on any atom is 0.397 e. The average Bonchev–Trinajstić information content (AvgIpc) is 3.30.